The lowest BCUT2D eigenvalue weighted by molar-refractivity contribution is 0.303. The molecule has 29 heavy (non-hydrogen) atoms. The SMILES string of the molecule is NS(=O)(=O)c1ccc(NCc2cc(Cl)ccc2OCc2c(Cl)cccc2Cl)cc1. The van der Waals surface area contributed by atoms with Crippen LogP contribution in [0.25, 0.3) is 0 Å². The molecule has 0 spiro atoms. The van der Waals surface area contributed by atoms with Gasteiger partial charge in [0.25, 0.3) is 0 Å². The van der Waals surface area contributed by atoms with E-state index in [9.17, 15) is 8.42 Å². The van der Waals surface area contributed by atoms with Crippen LogP contribution in [0.5, 0.6) is 5.75 Å². The van der Waals surface area contributed by atoms with E-state index in [1.54, 1.807) is 48.5 Å². The predicted molar refractivity (Wildman–Crippen MR) is 117 cm³/mol. The average Bonchev–Trinajstić information content (AvgIpc) is 2.67. The molecular weight excluding hydrogens is 455 g/mol. The third-order valence-electron chi connectivity index (χ3n) is 4.12. The van der Waals surface area contributed by atoms with Gasteiger partial charge >= 0.3 is 0 Å². The molecule has 0 saturated carbocycles. The fraction of sp³-hybridized carbons (Fsp3) is 0.100. The Kier molecular flexibility index (Phi) is 6.93. The number of sulfonamides is 1. The summed E-state index contributed by atoms with van der Waals surface area (Å²) in [5.41, 5.74) is 2.23. The van der Waals surface area contributed by atoms with Gasteiger partial charge in [-0.1, -0.05) is 40.9 Å². The number of anilines is 1. The van der Waals surface area contributed by atoms with Crippen LogP contribution >= 0.6 is 34.8 Å². The van der Waals surface area contributed by atoms with E-state index in [4.69, 9.17) is 44.7 Å². The van der Waals surface area contributed by atoms with E-state index in [0.717, 1.165) is 11.3 Å². The molecule has 0 aromatic heterocycles. The maximum absolute atomic E-state index is 11.3. The standard InChI is InChI=1S/C20H17Cl3N2O3S/c21-14-4-9-20(28-12-17-18(22)2-1-3-19(17)23)13(10-14)11-25-15-5-7-16(8-6-15)29(24,26)27/h1-10,25H,11-12H2,(H2,24,26,27). The van der Waals surface area contributed by atoms with Crippen LogP contribution < -0.4 is 15.2 Å². The van der Waals surface area contributed by atoms with Crippen molar-refractivity contribution in [2.75, 3.05) is 5.32 Å². The van der Waals surface area contributed by atoms with Crippen LogP contribution in [0.1, 0.15) is 11.1 Å². The smallest absolute Gasteiger partial charge is 0.238 e. The van der Waals surface area contributed by atoms with Crippen molar-refractivity contribution in [1.82, 2.24) is 0 Å². The van der Waals surface area contributed by atoms with Crippen molar-refractivity contribution >= 4 is 50.5 Å². The summed E-state index contributed by atoms with van der Waals surface area (Å²) in [7, 11) is -3.73. The van der Waals surface area contributed by atoms with Crippen molar-refractivity contribution < 1.29 is 13.2 Å². The maximum Gasteiger partial charge on any atom is 0.238 e. The molecule has 0 unspecified atom stereocenters. The van der Waals surface area contributed by atoms with Crippen LogP contribution in [0.15, 0.2) is 65.6 Å². The third-order valence-corrected chi connectivity index (χ3v) is 5.99. The monoisotopic (exact) mass is 470 g/mol. The van der Waals surface area contributed by atoms with Crippen LogP contribution in [-0.2, 0) is 23.2 Å². The summed E-state index contributed by atoms with van der Waals surface area (Å²) in [5.74, 6) is 0.624. The van der Waals surface area contributed by atoms with Crippen LogP contribution in [0, 0.1) is 0 Å². The molecule has 3 aromatic rings. The molecule has 3 aromatic carbocycles. The molecule has 0 aliphatic heterocycles. The highest BCUT2D eigenvalue weighted by Gasteiger charge is 2.10. The first-order valence-corrected chi connectivity index (χ1v) is 11.1. The fourth-order valence-electron chi connectivity index (χ4n) is 2.61. The molecule has 3 rings (SSSR count). The van der Waals surface area contributed by atoms with Crippen LogP contribution in [0.2, 0.25) is 15.1 Å². The summed E-state index contributed by atoms with van der Waals surface area (Å²) in [6.07, 6.45) is 0. The molecule has 0 aliphatic carbocycles. The molecule has 0 atom stereocenters. The predicted octanol–water partition coefficient (Wildman–Crippen LogP) is 5.49. The van der Waals surface area contributed by atoms with E-state index in [1.807, 2.05) is 0 Å². The van der Waals surface area contributed by atoms with E-state index in [0.29, 0.717) is 32.9 Å². The largest absolute Gasteiger partial charge is 0.488 e. The summed E-state index contributed by atoms with van der Waals surface area (Å²) in [4.78, 5) is 0.0476. The Hall–Kier alpha value is -1.96. The van der Waals surface area contributed by atoms with Crippen LogP contribution in [-0.4, -0.2) is 8.42 Å². The lowest BCUT2D eigenvalue weighted by Gasteiger charge is -2.15. The minimum absolute atomic E-state index is 0.0476. The number of hydrogen-bond donors (Lipinski definition) is 2. The van der Waals surface area contributed by atoms with Crippen molar-refractivity contribution in [1.29, 1.82) is 0 Å². The van der Waals surface area contributed by atoms with Crippen molar-refractivity contribution in [3.8, 4) is 5.75 Å². The molecule has 0 radical (unpaired) electrons. The summed E-state index contributed by atoms with van der Waals surface area (Å²) in [6.45, 7) is 0.608. The summed E-state index contributed by atoms with van der Waals surface area (Å²) >= 11 is 18.5. The maximum atomic E-state index is 11.3. The minimum atomic E-state index is -3.73. The number of halogens is 3. The number of benzene rings is 3. The Morgan fingerprint density at radius 3 is 2.21 bits per heavy atom. The van der Waals surface area contributed by atoms with E-state index in [2.05, 4.69) is 5.32 Å². The highest BCUT2D eigenvalue weighted by Crippen LogP contribution is 2.29. The zero-order valence-electron chi connectivity index (χ0n) is 15.0. The highest BCUT2D eigenvalue weighted by molar-refractivity contribution is 7.89. The normalized spacial score (nSPS) is 11.3. The van der Waals surface area contributed by atoms with Crippen molar-refractivity contribution in [3.63, 3.8) is 0 Å². The van der Waals surface area contributed by atoms with Crippen LogP contribution in [0.4, 0.5) is 5.69 Å². The second-order valence-corrected chi connectivity index (χ2v) is 8.98. The quantitative estimate of drug-likeness (QED) is 0.478. The molecule has 5 nitrogen and oxygen atoms in total. The number of nitrogens with one attached hydrogen (secondary N) is 1. The lowest BCUT2D eigenvalue weighted by Crippen LogP contribution is -2.12. The molecule has 0 heterocycles. The molecule has 0 aliphatic rings. The average molecular weight is 472 g/mol. The van der Waals surface area contributed by atoms with Gasteiger partial charge in [-0.3, -0.25) is 0 Å². The molecule has 0 amide bonds. The number of primary sulfonamides is 1. The van der Waals surface area contributed by atoms with Gasteiger partial charge in [-0.2, -0.15) is 0 Å². The Labute approximate surface area is 184 Å². The fourth-order valence-corrected chi connectivity index (χ4v) is 3.82. The molecule has 152 valence electrons. The minimum Gasteiger partial charge on any atom is -0.488 e. The first-order valence-electron chi connectivity index (χ1n) is 8.45. The van der Waals surface area contributed by atoms with Gasteiger partial charge in [-0.05, 0) is 54.6 Å². The first-order chi connectivity index (χ1) is 13.7. The topological polar surface area (TPSA) is 81.4 Å². The second-order valence-electron chi connectivity index (χ2n) is 6.16. The van der Waals surface area contributed by atoms with Crippen molar-refractivity contribution in [2.24, 2.45) is 5.14 Å². The number of nitrogens with two attached hydrogens (primary N) is 1. The van der Waals surface area contributed by atoms with E-state index < -0.39 is 10.0 Å². The van der Waals surface area contributed by atoms with Gasteiger partial charge in [0.2, 0.25) is 10.0 Å². The molecule has 3 N–H and O–H groups in total. The molecule has 0 saturated heterocycles. The van der Waals surface area contributed by atoms with Gasteiger partial charge in [-0.25, -0.2) is 13.6 Å². The Bertz CT molecular complexity index is 1100. The van der Waals surface area contributed by atoms with Gasteiger partial charge in [0.05, 0.1) is 4.90 Å². The van der Waals surface area contributed by atoms with E-state index in [-0.39, 0.29) is 11.5 Å². The summed E-state index contributed by atoms with van der Waals surface area (Å²) in [5, 5.41) is 9.94. The lowest BCUT2D eigenvalue weighted by atomic mass is 10.2. The summed E-state index contributed by atoms with van der Waals surface area (Å²) in [6, 6.07) is 16.7. The third kappa shape index (κ3) is 5.78. The van der Waals surface area contributed by atoms with E-state index in [1.165, 1.54) is 12.1 Å². The van der Waals surface area contributed by atoms with E-state index >= 15 is 0 Å². The molecule has 0 bridgehead atoms. The molecule has 0 fully saturated rings. The Morgan fingerprint density at radius 1 is 0.931 bits per heavy atom. The van der Waals surface area contributed by atoms with Crippen molar-refractivity contribution in [3.05, 3.63) is 86.9 Å². The van der Waals surface area contributed by atoms with Crippen molar-refractivity contribution in [2.45, 2.75) is 18.0 Å². The first kappa shape index (κ1) is 21.7. The molecular formula is C20H17Cl3N2O3S. The van der Waals surface area contributed by atoms with Gasteiger partial charge in [0, 0.05) is 38.4 Å². The zero-order valence-corrected chi connectivity index (χ0v) is 18.1. The Balaban J connectivity index is 1.73. The Morgan fingerprint density at radius 2 is 1.59 bits per heavy atom. The van der Waals surface area contributed by atoms with Gasteiger partial charge in [0.1, 0.15) is 12.4 Å². The number of ether oxygens (including phenoxy) is 1. The van der Waals surface area contributed by atoms with Gasteiger partial charge in [-0.15, -0.1) is 0 Å². The number of hydrogen-bond acceptors (Lipinski definition) is 4. The highest BCUT2D eigenvalue weighted by atomic mass is 35.5. The number of rotatable bonds is 7. The molecule has 9 heteroatoms. The van der Waals surface area contributed by atoms with Gasteiger partial charge in [0.15, 0.2) is 0 Å². The summed E-state index contributed by atoms with van der Waals surface area (Å²) < 4.78 is 28.6. The van der Waals surface area contributed by atoms with Gasteiger partial charge < -0.3 is 10.1 Å². The zero-order chi connectivity index (χ0) is 21.0. The second kappa shape index (κ2) is 9.24. The van der Waals surface area contributed by atoms with Crippen LogP contribution in [0.3, 0.4) is 0 Å².